The van der Waals surface area contributed by atoms with Crippen LogP contribution in [0.1, 0.15) is 18.9 Å². The maximum atomic E-state index is 13.6. The summed E-state index contributed by atoms with van der Waals surface area (Å²) in [5.41, 5.74) is 1.99. The van der Waals surface area contributed by atoms with E-state index in [-0.39, 0.29) is 24.8 Å². The van der Waals surface area contributed by atoms with Crippen LogP contribution < -0.4 is 19.7 Å². The number of methoxy groups -OCH3 is 1. The van der Waals surface area contributed by atoms with Gasteiger partial charge in [-0.25, -0.2) is 0 Å². The molecule has 186 valence electrons. The first-order chi connectivity index (χ1) is 17.4. The van der Waals surface area contributed by atoms with Crippen molar-refractivity contribution in [2.24, 2.45) is 0 Å². The molecule has 1 heterocycles. The summed E-state index contributed by atoms with van der Waals surface area (Å²) in [5, 5.41) is 3.73. The van der Waals surface area contributed by atoms with Crippen molar-refractivity contribution in [2.45, 2.75) is 25.9 Å². The van der Waals surface area contributed by atoms with Crippen LogP contribution in [0.15, 0.2) is 72.8 Å². The molecule has 0 spiro atoms. The van der Waals surface area contributed by atoms with E-state index in [1.165, 1.54) is 4.90 Å². The molecule has 2 amide bonds. The predicted molar refractivity (Wildman–Crippen MR) is 145 cm³/mol. The fourth-order valence-corrected chi connectivity index (χ4v) is 4.59. The molecule has 7 nitrogen and oxygen atoms in total. The Labute approximate surface area is 220 Å². The van der Waals surface area contributed by atoms with Crippen LogP contribution in [0.2, 0.25) is 5.02 Å². The minimum absolute atomic E-state index is 0.0884. The molecule has 1 aliphatic heterocycles. The second-order valence-corrected chi connectivity index (χ2v) is 8.87. The van der Waals surface area contributed by atoms with Gasteiger partial charge in [-0.05, 0) is 67.2 Å². The lowest BCUT2D eigenvalue weighted by Crippen LogP contribution is -2.37. The molecule has 36 heavy (non-hydrogen) atoms. The molecule has 0 aliphatic carbocycles. The number of carbonyl (C=O) groups excluding carboxylic acids is 2. The highest BCUT2D eigenvalue weighted by Crippen LogP contribution is 2.31. The summed E-state index contributed by atoms with van der Waals surface area (Å²) in [6.45, 7) is 2.69. The molecule has 1 aliphatic rings. The minimum atomic E-state index is -0.800. The van der Waals surface area contributed by atoms with E-state index in [0.717, 1.165) is 5.56 Å². The summed E-state index contributed by atoms with van der Waals surface area (Å²) >= 11 is 12.1. The lowest BCUT2D eigenvalue weighted by Gasteiger charge is -2.24. The van der Waals surface area contributed by atoms with Gasteiger partial charge in [-0.15, -0.1) is 0 Å². The second-order valence-electron chi connectivity index (χ2n) is 8.10. The van der Waals surface area contributed by atoms with Crippen LogP contribution in [0.25, 0.3) is 0 Å². The number of benzene rings is 3. The number of thiocarbonyl (C=S) groups is 1. The zero-order valence-corrected chi connectivity index (χ0v) is 21.5. The predicted octanol–water partition coefficient (Wildman–Crippen LogP) is 5.28. The van der Waals surface area contributed by atoms with Gasteiger partial charge in [0.15, 0.2) is 5.11 Å². The number of hydrogen-bond donors (Lipinski definition) is 1. The van der Waals surface area contributed by atoms with Crippen LogP contribution in [-0.4, -0.2) is 41.6 Å². The number of rotatable bonds is 9. The Kier molecular flexibility index (Phi) is 8.07. The lowest BCUT2D eigenvalue weighted by molar-refractivity contribution is -0.124. The molecule has 1 N–H and O–H groups in total. The quantitative estimate of drug-likeness (QED) is 0.385. The number of nitrogens with zero attached hydrogens (tertiary/aromatic N) is 2. The number of amides is 2. The summed E-state index contributed by atoms with van der Waals surface area (Å²) in [6, 6.07) is 20.7. The Morgan fingerprint density at radius 1 is 1.06 bits per heavy atom. The monoisotopic (exact) mass is 523 g/mol. The van der Waals surface area contributed by atoms with E-state index in [1.54, 1.807) is 60.5 Å². The second kappa shape index (κ2) is 11.4. The molecule has 4 rings (SSSR count). The number of ether oxygens (including phenoxy) is 2. The Hall–Kier alpha value is -3.62. The highest BCUT2D eigenvalue weighted by Gasteiger charge is 2.44. The van der Waals surface area contributed by atoms with Gasteiger partial charge in [0, 0.05) is 23.3 Å². The van der Waals surface area contributed by atoms with E-state index in [0.29, 0.717) is 39.6 Å². The SMILES string of the molecule is CCOc1cccc(NC(=O)C[C@@H]2C(=O)N(c3ccc(OC)cc3)C(=S)N2Cc2ccccc2Cl)c1. The molecule has 3 aromatic carbocycles. The maximum absolute atomic E-state index is 13.6. The van der Waals surface area contributed by atoms with E-state index >= 15 is 0 Å². The molecule has 1 saturated heterocycles. The smallest absolute Gasteiger partial charge is 0.256 e. The number of carbonyl (C=O) groups is 2. The molecule has 0 aromatic heterocycles. The zero-order valence-electron chi connectivity index (χ0n) is 19.9. The Morgan fingerprint density at radius 2 is 1.81 bits per heavy atom. The van der Waals surface area contributed by atoms with Crippen molar-refractivity contribution in [1.82, 2.24) is 4.90 Å². The van der Waals surface area contributed by atoms with Gasteiger partial charge in [0.05, 0.1) is 25.8 Å². The van der Waals surface area contributed by atoms with Gasteiger partial charge in [0.2, 0.25) is 5.91 Å². The average Bonchev–Trinajstić information content (AvgIpc) is 3.09. The third kappa shape index (κ3) is 5.61. The molecule has 0 bridgehead atoms. The van der Waals surface area contributed by atoms with Gasteiger partial charge in [-0.3, -0.25) is 14.5 Å². The van der Waals surface area contributed by atoms with Gasteiger partial charge in [-0.2, -0.15) is 0 Å². The van der Waals surface area contributed by atoms with E-state index in [4.69, 9.17) is 33.3 Å². The van der Waals surface area contributed by atoms with Crippen LogP contribution in [-0.2, 0) is 16.1 Å². The summed E-state index contributed by atoms with van der Waals surface area (Å²) < 4.78 is 10.7. The molecular weight excluding hydrogens is 498 g/mol. The summed E-state index contributed by atoms with van der Waals surface area (Å²) in [6.07, 6.45) is -0.0884. The van der Waals surface area contributed by atoms with E-state index < -0.39 is 6.04 Å². The third-order valence-corrected chi connectivity index (χ3v) is 6.54. The summed E-state index contributed by atoms with van der Waals surface area (Å²) in [5.74, 6) is 0.717. The highest BCUT2D eigenvalue weighted by molar-refractivity contribution is 7.80. The summed E-state index contributed by atoms with van der Waals surface area (Å²) in [4.78, 5) is 29.9. The Balaban J connectivity index is 1.59. The Bertz CT molecular complexity index is 1270. The van der Waals surface area contributed by atoms with Crippen molar-refractivity contribution >= 4 is 52.1 Å². The van der Waals surface area contributed by atoms with Crippen LogP contribution in [0.4, 0.5) is 11.4 Å². The molecule has 0 radical (unpaired) electrons. The van der Waals surface area contributed by atoms with Gasteiger partial charge >= 0.3 is 0 Å². The van der Waals surface area contributed by atoms with E-state index in [1.807, 2.05) is 31.2 Å². The fourth-order valence-electron chi connectivity index (χ4n) is 4.01. The maximum Gasteiger partial charge on any atom is 0.256 e. The first kappa shape index (κ1) is 25.5. The fraction of sp³-hybridized carbons (Fsp3) is 0.222. The van der Waals surface area contributed by atoms with Gasteiger partial charge < -0.3 is 19.7 Å². The molecule has 0 saturated carbocycles. The summed E-state index contributed by atoms with van der Waals surface area (Å²) in [7, 11) is 1.57. The van der Waals surface area contributed by atoms with Crippen LogP contribution in [0.3, 0.4) is 0 Å². The highest BCUT2D eigenvalue weighted by atomic mass is 35.5. The molecule has 1 atom stereocenters. The molecule has 9 heteroatoms. The lowest BCUT2D eigenvalue weighted by atomic mass is 10.1. The standard InChI is InChI=1S/C27H26ClN3O4S/c1-3-35-22-9-6-8-19(15-22)29-25(32)16-24-26(33)31(20-11-13-21(34-2)14-12-20)27(36)30(24)17-18-7-4-5-10-23(18)28/h4-15,24H,3,16-17H2,1-2H3,(H,29,32)/t24-/m1/s1. The average molecular weight is 524 g/mol. The van der Waals surface area contributed by atoms with Crippen molar-refractivity contribution in [3.63, 3.8) is 0 Å². The third-order valence-electron chi connectivity index (χ3n) is 5.76. The normalized spacial score (nSPS) is 15.2. The van der Waals surface area contributed by atoms with Crippen molar-refractivity contribution < 1.29 is 19.1 Å². The number of nitrogens with one attached hydrogen (secondary N) is 1. The van der Waals surface area contributed by atoms with E-state index in [9.17, 15) is 9.59 Å². The molecular formula is C27H26ClN3O4S. The van der Waals surface area contributed by atoms with Crippen molar-refractivity contribution in [3.05, 3.63) is 83.4 Å². The van der Waals surface area contributed by atoms with Crippen LogP contribution in [0.5, 0.6) is 11.5 Å². The van der Waals surface area contributed by atoms with Crippen molar-refractivity contribution in [2.75, 3.05) is 23.9 Å². The topological polar surface area (TPSA) is 71.1 Å². The minimum Gasteiger partial charge on any atom is -0.497 e. The van der Waals surface area contributed by atoms with Crippen LogP contribution >= 0.6 is 23.8 Å². The number of halogens is 1. The largest absolute Gasteiger partial charge is 0.497 e. The zero-order chi connectivity index (χ0) is 25.7. The van der Waals surface area contributed by atoms with Gasteiger partial charge in [-0.1, -0.05) is 35.9 Å². The van der Waals surface area contributed by atoms with E-state index in [2.05, 4.69) is 5.32 Å². The van der Waals surface area contributed by atoms with Crippen molar-refractivity contribution in [3.8, 4) is 11.5 Å². The van der Waals surface area contributed by atoms with Crippen LogP contribution in [0, 0.1) is 0 Å². The van der Waals surface area contributed by atoms with Gasteiger partial charge in [0.1, 0.15) is 17.5 Å². The number of anilines is 2. The van der Waals surface area contributed by atoms with Crippen molar-refractivity contribution in [1.29, 1.82) is 0 Å². The molecule has 3 aromatic rings. The number of hydrogen-bond acceptors (Lipinski definition) is 5. The Morgan fingerprint density at radius 3 is 2.50 bits per heavy atom. The van der Waals surface area contributed by atoms with Gasteiger partial charge in [0.25, 0.3) is 5.91 Å². The first-order valence-corrected chi connectivity index (χ1v) is 12.2. The first-order valence-electron chi connectivity index (χ1n) is 11.5. The molecule has 1 fully saturated rings. The molecule has 0 unspecified atom stereocenters.